The number of hydrogen-bond donors (Lipinski definition) is 2. The zero-order valence-electron chi connectivity index (χ0n) is 20.4. The molecule has 2 fully saturated rings. The monoisotopic (exact) mass is 572 g/mol. The lowest BCUT2D eigenvalue weighted by Gasteiger charge is -2.36. The molecule has 3 rings (SSSR count). The smallest absolute Gasteiger partial charge is 0.222 e. The van der Waals surface area contributed by atoms with E-state index in [4.69, 9.17) is 9.73 Å². The van der Waals surface area contributed by atoms with Crippen LogP contribution >= 0.6 is 24.0 Å². The number of hydrogen-bond acceptors (Lipinski definition) is 5. The number of rotatable bonds is 8. The molecule has 0 spiro atoms. The summed E-state index contributed by atoms with van der Waals surface area (Å²) in [5.74, 6) is 2.10. The van der Waals surface area contributed by atoms with Crippen LogP contribution in [0.15, 0.2) is 23.3 Å². The zero-order chi connectivity index (χ0) is 22.8. The van der Waals surface area contributed by atoms with Crippen molar-refractivity contribution >= 4 is 41.7 Å². The van der Waals surface area contributed by atoms with Gasteiger partial charge >= 0.3 is 0 Å². The predicted molar refractivity (Wildman–Crippen MR) is 144 cm³/mol. The van der Waals surface area contributed by atoms with Crippen molar-refractivity contribution in [1.29, 1.82) is 0 Å². The number of anilines is 1. The second kappa shape index (κ2) is 14.6. The zero-order valence-corrected chi connectivity index (χ0v) is 22.7. The molecule has 1 aromatic rings. The van der Waals surface area contributed by atoms with Crippen LogP contribution in [0.1, 0.15) is 58.4 Å². The van der Waals surface area contributed by atoms with Crippen LogP contribution in [0.5, 0.6) is 0 Å². The average molecular weight is 573 g/mol. The molecule has 2 N–H and O–H groups in total. The Balaban J connectivity index is 0.00000385. The summed E-state index contributed by atoms with van der Waals surface area (Å²) in [4.78, 5) is 25.8. The third-order valence-corrected chi connectivity index (χ3v) is 5.89. The van der Waals surface area contributed by atoms with E-state index in [1.165, 1.54) is 0 Å². The minimum absolute atomic E-state index is 0. The minimum atomic E-state index is 0. The highest BCUT2D eigenvalue weighted by atomic mass is 127. The van der Waals surface area contributed by atoms with Gasteiger partial charge in [-0.25, -0.2) is 9.98 Å². The molecule has 0 aliphatic carbocycles. The van der Waals surface area contributed by atoms with Gasteiger partial charge in [0.2, 0.25) is 5.91 Å². The molecule has 0 saturated carbocycles. The predicted octanol–water partition coefficient (Wildman–Crippen LogP) is 3.16. The molecular formula is C24H41IN6O2. The second-order valence-corrected chi connectivity index (χ2v) is 8.85. The number of carbonyl (C=O) groups is 1. The van der Waals surface area contributed by atoms with Crippen LogP contribution in [-0.4, -0.2) is 73.2 Å². The van der Waals surface area contributed by atoms with Gasteiger partial charge in [-0.15, -0.1) is 24.0 Å². The second-order valence-electron chi connectivity index (χ2n) is 8.85. The largest absolute Gasteiger partial charge is 0.372 e. The first-order chi connectivity index (χ1) is 15.5. The first-order valence-corrected chi connectivity index (χ1v) is 12.2. The fraction of sp³-hybridized carbons (Fsp3) is 0.708. The van der Waals surface area contributed by atoms with Crippen molar-refractivity contribution in [1.82, 2.24) is 20.5 Å². The Morgan fingerprint density at radius 2 is 1.97 bits per heavy atom. The first-order valence-electron chi connectivity index (χ1n) is 12.2. The molecule has 1 aromatic heterocycles. The number of morpholine rings is 1. The number of carbonyl (C=O) groups excluding carboxylic acids is 1. The van der Waals surface area contributed by atoms with Gasteiger partial charge in [0, 0.05) is 51.9 Å². The molecule has 9 heteroatoms. The fourth-order valence-corrected chi connectivity index (χ4v) is 4.33. The van der Waals surface area contributed by atoms with Crippen LogP contribution in [0.2, 0.25) is 0 Å². The van der Waals surface area contributed by atoms with E-state index in [-0.39, 0.29) is 36.2 Å². The number of nitrogens with zero attached hydrogens (tertiary/aromatic N) is 4. The Kier molecular flexibility index (Phi) is 12.2. The van der Waals surface area contributed by atoms with Gasteiger partial charge in [0.25, 0.3) is 0 Å². The van der Waals surface area contributed by atoms with E-state index < -0.39 is 0 Å². The van der Waals surface area contributed by atoms with Crippen molar-refractivity contribution < 1.29 is 9.53 Å². The van der Waals surface area contributed by atoms with Crippen LogP contribution in [0.25, 0.3) is 0 Å². The van der Waals surface area contributed by atoms with Crippen molar-refractivity contribution in [2.45, 2.75) is 71.6 Å². The van der Waals surface area contributed by atoms with Gasteiger partial charge in [-0.2, -0.15) is 0 Å². The van der Waals surface area contributed by atoms with Gasteiger partial charge < -0.3 is 25.2 Å². The summed E-state index contributed by atoms with van der Waals surface area (Å²) in [6, 6.07) is 4.18. The summed E-state index contributed by atoms with van der Waals surface area (Å²) in [5.41, 5.74) is 1.08. The molecule has 0 radical (unpaired) electrons. The normalized spacial score (nSPS) is 21.9. The number of likely N-dealkylation sites (tertiary alicyclic amines) is 1. The maximum absolute atomic E-state index is 12.1. The van der Waals surface area contributed by atoms with E-state index in [2.05, 4.69) is 53.4 Å². The van der Waals surface area contributed by atoms with Crippen molar-refractivity contribution in [2.24, 2.45) is 4.99 Å². The summed E-state index contributed by atoms with van der Waals surface area (Å²) in [5, 5.41) is 6.69. The number of guanidine groups is 1. The van der Waals surface area contributed by atoms with Gasteiger partial charge in [0.1, 0.15) is 5.82 Å². The molecular weight excluding hydrogens is 531 g/mol. The Morgan fingerprint density at radius 1 is 1.18 bits per heavy atom. The van der Waals surface area contributed by atoms with E-state index >= 15 is 0 Å². The Bertz CT molecular complexity index is 735. The van der Waals surface area contributed by atoms with Crippen LogP contribution in [0.3, 0.4) is 0 Å². The maximum atomic E-state index is 12.1. The van der Waals surface area contributed by atoms with E-state index in [0.717, 1.165) is 82.3 Å². The van der Waals surface area contributed by atoms with E-state index in [1.807, 2.05) is 11.1 Å². The minimum Gasteiger partial charge on any atom is -0.372 e. The average Bonchev–Trinajstić information content (AvgIpc) is 2.98. The van der Waals surface area contributed by atoms with Crippen LogP contribution in [0.4, 0.5) is 5.82 Å². The van der Waals surface area contributed by atoms with Crippen molar-refractivity contribution in [3.8, 4) is 0 Å². The number of ether oxygens (including phenoxy) is 1. The van der Waals surface area contributed by atoms with Crippen LogP contribution < -0.4 is 15.5 Å². The molecule has 2 aliphatic rings. The standard InChI is InChI=1S/C24H40N6O2.HI/c1-4-25-24(26-12-8-14-29-13-7-5-6-9-23(29)31)28-16-21-10-11-22(27-15-21)30-17-19(2)32-20(3)18-30;/h10-11,15,19-20H,4-9,12-14,16-18H2,1-3H3,(H2,25,26,28);1H. The van der Waals surface area contributed by atoms with Crippen LogP contribution in [-0.2, 0) is 16.1 Å². The number of halogens is 1. The Morgan fingerprint density at radius 3 is 2.67 bits per heavy atom. The van der Waals surface area contributed by atoms with Crippen molar-refractivity contribution in [3.63, 3.8) is 0 Å². The first kappa shape index (κ1) is 27.6. The topological polar surface area (TPSA) is 82.1 Å². The van der Waals surface area contributed by atoms with Gasteiger partial charge in [-0.05, 0) is 51.7 Å². The van der Waals surface area contributed by atoms with Crippen molar-refractivity contribution in [3.05, 3.63) is 23.9 Å². The summed E-state index contributed by atoms with van der Waals surface area (Å²) in [6.45, 7) is 11.9. The number of nitrogens with one attached hydrogen (secondary N) is 2. The van der Waals surface area contributed by atoms with Crippen LogP contribution in [0, 0.1) is 0 Å². The van der Waals surface area contributed by atoms with Gasteiger partial charge in [-0.1, -0.05) is 12.5 Å². The molecule has 3 heterocycles. The number of pyridine rings is 1. The van der Waals surface area contributed by atoms with E-state index in [1.54, 1.807) is 0 Å². The molecule has 8 nitrogen and oxygen atoms in total. The van der Waals surface area contributed by atoms with E-state index in [9.17, 15) is 4.79 Å². The van der Waals surface area contributed by atoms with Gasteiger partial charge in [0.15, 0.2) is 5.96 Å². The highest BCUT2D eigenvalue weighted by Gasteiger charge is 2.23. The summed E-state index contributed by atoms with van der Waals surface area (Å²) < 4.78 is 5.81. The molecule has 33 heavy (non-hydrogen) atoms. The Hall–Kier alpha value is -1.62. The van der Waals surface area contributed by atoms with Gasteiger partial charge in [-0.3, -0.25) is 4.79 Å². The highest BCUT2D eigenvalue weighted by molar-refractivity contribution is 14.0. The lowest BCUT2D eigenvalue weighted by atomic mass is 10.2. The molecule has 186 valence electrons. The molecule has 2 unspecified atom stereocenters. The SMILES string of the molecule is CCNC(=NCc1ccc(N2CC(C)OC(C)C2)nc1)NCCCN1CCCCCC1=O.I. The summed E-state index contributed by atoms with van der Waals surface area (Å²) >= 11 is 0. The summed E-state index contributed by atoms with van der Waals surface area (Å²) in [6.07, 6.45) is 7.30. The number of aromatic nitrogens is 1. The lowest BCUT2D eigenvalue weighted by Crippen LogP contribution is -2.45. The van der Waals surface area contributed by atoms with E-state index in [0.29, 0.717) is 18.9 Å². The highest BCUT2D eigenvalue weighted by Crippen LogP contribution is 2.18. The molecule has 1 amide bonds. The fourth-order valence-electron chi connectivity index (χ4n) is 4.33. The molecule has 2 atom stereocenters. The molecule has 0 aromatic carbocycles. The van der Waals surface area contributed by atoms with Crippen molar-refractivity contribution in [2.75, 3.05) is 44.2 Å². The quantitative estimate of drug-likeness (QED) is 0.216. The molecule has 2 aliphatic heterocycles. The lowest BCUT2D eigenvalue weighted by molar-refractivity contribution is -0.130. The maximum Gasteiger partial charge on any atom is 0.222 e. The number of aliphatic imine (C=N–C) groups is 1. The third kappa shape index (κ3) is 9.27. The molecule has 2 saturated heterocycles. The van der Waals surface area contributed by atoms with Gasteiger partial charge in [0.05, 0.1) is 18.8 Å². The molecule has 0 bridgehead atoms. The summed E-state index contributed by atoms with van der Waals surface area (Å²) in [7, 11) is 0. The number of amides is 1. The third-order valence-electron chi connectivity index (χ3n) is 5.89. The Labute approximate surface area is 216 Å².